The number of aliphatic hydroxyl groups excluding tert-OH is 1. The highest BCUT2D eigenvalue weighted by atomic mass is 16.5. The van der Waals surface area contributed by atoms with Crippen molar-refractivity contribution in [3.8, 4) is 0 Å². The van der Waals surface area contributed by atoms with Gasteiger partial charge in [0.25, 0.3) is 5.91 Å². The van der Waals surface area contributed by atoms with Gasteiger partial charge in [0.05, 0.1) is 24.5 Å². The fraction of sp³-hybridized carbons (Fsp3) is 0.500. The fourth-order valence-electron chi connectivity index (χ4n) is 2.49. The highest BCUT2D eigenvalue weighted by molar-refractivity contribution is 6.08. The number of hydrogen-bond acceptors (Lipinski definition) is 5. The van der Waals surface area contributed by atoms with Crippen molar-refractivity contribution in [2.75, 3.05) is 13.2 Å². The highest BCUT2D eigenvalue weighted by Gasteiger charge is 2.44. The van der Waals surface area contributed by atoms with Crippen molar-refractivity contribution in [3.05, 3.63) is 35.5 Å². The van der Waals surface area contributed by atoms with Crippen molar-refractivity contribution in [1.29, 1.82) is 0 Å². The second-order valence-corrected chi connectivity index (χ2v) is 5.38. The van der Waals surface area contributed by atoms with Gasteiger partial charge in [0, 0.05) is 13.0 Å². The lowest BCUT2D eigenvalue weighted by molar-refractivity contribution is -0.130. The van der Waals surface area contributed by atoms with E-state index in [0.717, 1.165) is 0 Å². The van der Waals surface area contributed by atoms with E-state index in [9.17, 15) is 14.7 Å². The van der Waals surface area contributed by atoms with E-state index in [4.69, 9.17) is 9.15 Å². The van der Waals surface area contributed by atoms with Crippen LogP contribution in [0.2, 0.25) is 0 Å². The molecule has 6 heteroatoms. The second kappa shape index (κ2) is 6.79. The van der Waals surface area contributed by atoms with E-state index in [2.05, 4.69) is 0 Å². The van der Waals surface area contributed by atoms with Crippen molar-refractivity contribution in [3.63, 3.8) is 0 Å². The summed E-state index contributed by atoms with van der Waals surface area (Å²) in [5.41, 5.74) is 0.104. The van der Waals surface area contributed by atoms with E-state index in [1.54, 1.807) is 19.1 Å². The van der Waals surface area contributed by atoms with Gasteiger partial charge in [-0.2, -0.15) is 0 Å². The third-order valence-corrected chi connectivity index (χ3v) is 3.52. The number of carbonyl (C=O) groups is 2. The Morgan fingerprint density at radius 1 is 1.50 bits per heavy atom. The van der Waals surface area contributed by atoms with Gasteiger partial charge in [-0.15, -0.1) is 0 Å². The zero-order valence-corrected chi connectivity index (χ0v) is 13.0. The van der Waals surface area contributed by atoms with Gasteiger partial charge in [0.2, 0.25) is 0 Å². The van der Waals surface area contributed by atoms with Gasteiger partial charge >= 0.3 is 0 Å². The number of rotatable bonds is 7. The van der Waals surface area contributed by atoms with Gasteiger partial charge < -0.3 is 19.2 Å². The molecule has 2 rings (SSSR count). The summed E-state index contributed by atoms with van der Waals surface area (Å²) in [6.07, 6.45) is 1.73. The van der Waals surface area contributed by atoms with Crippen LogP contribution in [-0.4, -0.2) is 41.0 Å². The number of nitrogens with zero attached hydrogens (tertiary/aromatic N) is 1. The number of carbonyl (C=O) groups excluding carboxylic acids is 2. The van der Waals surface area contributed by atoms with E-state index < -0.39 is 17.7 Å². The monoisotopic (exact) mass is 307 g/mol. The molecular formula is C16H21NO5. The molecule has 1 N–H and O–H groups in total. The van der Waals surface area contributed by atoms with Gasteiger partial charge in [-0.25, -0.2) is 0 Å². The Balaban J connectivity index is 2.30. The molecule has 0 aliphatic carbocycles. The number of Topliss-reactive ketones (excluding diaryl/α,β-unsaturated/α-hetero) is 1. The van der Waals surface area contributed by atoms with E-state index in [-0.39, 0.29) is 30.4 Å². The summed E-state index contributed by atoms with van der Waals surface area (Å²) < 4.78 is 10.8. The molecule has 120 valence electrons. The maximum Gasteiger partial charge on any atom is 0.290 e. The predicted molar refractivity (Wildman–Crippen MR) is 79.2 cm³/mol. The summed E-state index contributed by atoms with van der Waals surface area (Å²) in [5, 5.41) is 10.1. The minimum Gasteiger partial charge on any atom is -0.503 e. The van der Waals surface area contributed by atoms with E-state index in [1.807, 2.05) is 13.8 Å². The smallest absolute Gasteiger partial charge is 0.290 e. The molecule has 0 spiro atoms. The molecule has 0 fully saturated rings. The van der Waals surface area contributed by atoms with Crippen LogP contribution >= 0.6 is 0 Å². The Morgan fingerprint density at radius 3 is 2.77 bits per heavy atom. The Labute approximate surface area is 129 Å². The van der Waals surface area contributed by atoms with Crippen molar-refractivity contribution in [2.24, 2.45) is 0 Å². The van der Waals surface area contributed by atoms with Crippen LogP contribution in [0.25, 0.3) is 0 Å². The summed E-state index contributed by atoms with van der Waals surface area (Å²) in [5.74, 6) is -0.860. The summed E-state index contributed by atoms with van der Waals surface area (Å²) in [6, 6.07) is 2.69. The standard InChI is InChI=1S/C16H21NO5/c1-4-11(18)13-14(12-6-5-8-22-12)17(16(20)15(13)19)7-9-21-10(2)3/h5-6,8,10,14,19H,4,7,9H2,1-3H3. The van der Waals surface area contributed by atoms with Crippen molar-refractivity contribution >= 4 is 11.7 Å². The lowest BCUT2D eigenvalue weighted by Crippen LogP contribution is -2.34. The van der Waals surface area contributed by atoms with Crippen LogP contribution in [-0.2, 0) is 14.3 Å². The molecule has 22 heavy (non-hydrogen) atoms. The molecule has 1 amide bonds. The number of ether oxygens (including phenoxy) is 1. The number of amides is 1. The molecule has 0 saturated heterocycles. The lowest BCUT2D eigenvalue weighted by atomic mass is 10.00. The summed E-state index contributed by atoms with van der Waals surface area (Å²) in [6.45, 7) is 6.08. The molecular weight excluding hydrogens is 286 g/mol. The summed E-state index contributed by atoms with van der Waals surface area (Å²) in [7, 11) is 0. The first-order chi connectivity index (χ1) is 10.5. The lowest BCUT2D eigenvalue weighted by Gasteiger charge is -2.25. The number of ketones is 1. The molecule has 1 aromatic rings. The van der Waals surface area contributed by atoms with Crippen molar-refractivity contribution in [1.82, 2.24) is 4.90 Å². The molecule has 0 saturated carbocycles. The molecule has 1 aliphatic rings. The number of furan rings is 1. The molecule has 6 nitrogen and oxygen atoms in total. The van der Waals surface area contributed by atoms with E-state index >= 15 is 0 Å². The predicted octanol–water partition coefficient (Wildman–Crippen LogP) is 2.38. The van der Waals surface area contributed by atoms with Crippen molar-refractivity contribution in [2.45, 2.75) is 39.3 Å². The Bertz CT molecular complexity index is 573. The van der Waals surface area contributed by atoms with E-state index in [0.29, 0.717) is 12.4 Å². The van der Waals surface area contributed by atoms with Crippen LogP contribution < -0.4 is 0 Å². The minimum absolute atomic E-state index is 0.0399. The first kappa shape index (κ1) is 16.3. The fourth-order valence-corrected chi connectivity index (χ4v) is 2.49. The van der Waals surface area contributed by atoms with Gasteiger partial charge in [0.1, 0.15) is 11.8 Å². The third kappa shape index (κ3) is 3.06. The molecule has 1 atom stereocenters. The van der Waals surface area contributed by atoms with Crippen LogP contribution in [0.4, 0.5) is 0 Å². The Morgan fingerprint density at radius 2 is 2.23 bits per heavy atom. The van der Waals surface area contributed by atoms with Crippen LogP contribution in [0, 0.1) is 0 Å². The summed E-state index contributed by atoms with van der Waals surface area (Å²) in [4.78, 5) is 25.8. The molecule has 1 aromatic heterocycles. The number of aliphatic hydroxyl groups is 1. The first-order valence-electron chi connectivity index (χ1n) is 7.39. The van der Waals surface area contributed by atoms with Crippen molar-refractivity contribution < 1.29 is 23.8 Å². The molecule has 1 aliphatic heterocycles. The number of hydrogen-bond donors (Lipinski definition) is 1. The van der Waals surface area contributed by atoms with Gasteiger partial charge in [-0.1, -0.05) is 6.92 Å². The molecule has 0 radical (unpaired) electrons. The van der Waals surface area contributed by atoms with Gasteiger partial charge in [0.15, 0.2) is 11.5 Å². The molecule has 1 unspecified atom stereocenters. The summed E-state index contributed by atoms with van der Waals surface area (Å²) >= 11 is 0. The quantitative estimate of drug-likeness (QED) is 0.836. The Kier molecular flexibility index (Phi) is 5.03. The second-order valence-electron chi connectivity index (χ2n) is 5.38. The topological polar surface area (TPSA) is 80.0 Å². The van der Waals surface area contributed by atoms with Crippen LogP contribution in [0.3, 0.4) is 0 Å². The highest BCUT2D eigenvalue weighted by Crippen LogP contribution is 2.38. The zero-order valence-electron chi connectivity index (χ0n) is 13.0. The maximum atomic E-state index is 12.3. The van der Waals surface area contributed by atoms with Crippen LogP contribution in [0.5, 0.6) is 0 Å². The van der Waals surface area contributed by atoms with Crippen LogP contribution in [0.15, 0.2) is 34.1 Å². The van der Waals surface area contributed by atoms with E-state index in [1.165, 1.54) is 11.2 Å². The molecule has 0 aromatic carbocycles. The average Bonchev–Trinajstić information content (AvgIpc) is 3.08. The van der Waals surface area contributed by atoms with Gasteiger partial charge in [-0.05, 0) is 26.0 Å². The minimum atomic E-state index is -0.689. The molecule has 2 heterocycles. The zero-order chi connectivity index (χ0) is 16.3. The SMILES string of the molecule is CCC(=O)C1=C(O)C(=O)N(CCOC(C)C)C1c1ccco1. The normalized spacial score (nSPS) is 18.6. The maximum absolute atomic E-state index is 12.3. The van der Waals surface area contributed by atoms with Crippen LogP contribution in [0.1, 0.15) is 39.0 Å². The Hall–Kier alpha value is -2.08. The average molecular weight is 307 g/mol. The third-order valence-electron chi connectivity index (χ3n) is 3.52. The first-order valence-corrected chi connectivity index (χ1v) is 7.39. The largest absolute Gasteiger partial charge is 0.503 e. The van der Waals surface area contributed by atoms with Gasteiger partial charge in [-0.3, -0.25) is 9.59 Å². The molecule has 0 bridgehead atoms.